The van der Waals surface area contributed by atoms with Crippen LogP contribution in [0.4, 0.5) is 16.2 Å². The van der Waals surface area contributed by atoms with E-state index in [9.17, 15) is 19.2 Å². The van der Waals surface area contributed by atoms with Gasteiger partial charge in [-0.15, -0.1) is 0 Å². The number of benzene rings is 2. The zero-order valence-electron chi connectivity index (χ0n) is 47.1. The number of amidine groups is 1. The standard InChI is InChI=1S/C56H88N6O17/c1-5-17-62(54(65)47-41-45-13-14-46(42-50(45)60-51(57)43-47)53(64)61-18-9-12-49(44-61)59-48-10-7-6-8-11-48)78-20-16-58-55(66)77-40-39-76-38-37-75-36-35-74-34-33-73-32-31-72-30-29-71-28-27-70-26-25-69-24-23-68-22-21-67-19-15-52(63)79-56(2,3)4/h6-8,10-11,13-14,41-42,49,59H,5,9,12,15-40,43-44H2,1-4H3,(H2,57,60)(H,58,66)/t49-/m1/s1. The molecule has 1 fully saturated rings. The third-order valence-corrected chi connectivity index (χ3v) is 11.3. The molecule has 0 bridgehead atoms. The van der Waals surface area contributed by atoms with Crippen molar-refractivity contribution in [1.29, 1.82) is 0 Å². The van der Waals surface area contributed by atoms with Gasteiger partial charge in [-0.1, -0.05) is 31.2 Å². The van der Waals surface area contributed by atoms with Gasteiger partial charge in [0.15, 0.2) is 0 Å². The number of aliphatic imine (C=N–C) groups is 1. The second-order valence-electron chi connectivity index (χ2n) is 19.1. The first-order valence-electron chi connectivity index (χ1n) is 27.5. The summed E-state index contributed by atoms with van der Waals surface area (Å²) >= 11 is 0. The summed E-state index contributed by atoms with van der Waals surface area (Å²) in [5.41, 5.74) is 8.92. The largest absolute Gasteiger partial charge is 0.460 e. The molecule has 3 amide bonds. The molecule has 2 aromatic rings. The smallest absolute Gasteiger partial charge is 0.407 e. The Kier molecular flexibility index (Phi) is 34.2. The van der Waals surface area contributed by atoms with Crippen molar-refractivity contribution in [3.05, 3.63) is 65.2 Å². The number of hydroxylamine groups is 2. The van der Waals surface area contributed by atoms with Gasteiger partial charge in [-0.2, -0.15) is 0 Å². The van der Waals surface area contributed by atoms with Gasteiger partial charge in [-0.25, -0.2) is 14.9 Å². The molecule has 2 heterocycles. The van der Waals surface area contributed by atoms with Crippen LogP contribution < -0.4 is 16.4 Å². The molecular formula is C56H88N6O17. The van der Waals surface area contributed by atoms with Crippen molar-refractivity contribution in [3.63, 3.8) is 0 Å². The number of alkyl carbamates (subject to hydrolysis) is 1. The van der Waals surface area contributed by atoms with Crippen molar-refractivity contribution in [1.82, 2.24) is 15.3 Å². The van der Waals surface area contributed by atoms with Gasteiger partial charge in [0.25, 0.3) is 11.8 Å². The van der Waals surface area contributed by atoms with E-state index in [2.05, 4.69) is 15.6 Å². The Morgan fingerprint density at radius 2 is 1.20 bits per heavy atom. The van der Waals surface area contributed by atoms with Gasteiger partial charge in [0.05, 0.1) is 151 Å². The molecule has 2 aliphatic heterocycles. The van der Waals surface area contributed by atoms with E-state index in [1.165, 1.54) is 5.06 Å². The fraction of sp³-hybridized carbons (Fsp3) is 0.661. The van der Waals surface area contributed by atoms with Crippen LogP contribution in [0.15, 0.2) is 59.1 Å². The Hall–Kier alpha value is -5.31. The normalized spacial score (nSPS) is 14.4. The monoisotopic (exact) mass is 1120 g/mol. The van der Waals surface area contributed by atoms with Crippen LogP contribution in [-0.2, 0) is 71.3 Å². The topological polar surface area (TPSA) is 257 Å². The summed E-state index contributed by atoms with van der Waals surface area (Å²) in [6.45, 7) is 17.4. The fourth-order valence-electron chi connectivity index (χ4n) is 7.66. The van der Waals surface area contributed by atoms with Crippen LogP contribution >= 0.6 is 0 Å². The number of anilines is 1. The second kappa shape index (κ2) is 40.8. The molecule has 444 valence electrons. The van der Waals surface area contributed by atoms with Crippen molar-refractivity contribution < 1.29 is 80.9 Å². The van der Waals surface area contributed by atoms with Gasteiger partial charge in [0.1, 0.15) is 18.0 Å². The van der Waals surface area contributed by atoms with E-state index in [1.807, 2.05) is 62.9 Å². The lowest BCUT2D eigenvalue weighted by molar-refractivity contribution is -0.181. The van der Waals surface area contributed by atoms with Crippen LogP contribution in [0.25, 0.3) is 6.08 Å². The number of nitrogens with two attached hydrogens (primary N) is 1. The Morgan fingerprint density at radius 1 is 0.684 bits per heavy atom. The highest BCUT2D eigenvalue weighted by Gasteiger charge is 2.27. The van der Waals surface area contributed by atoms with Gasteiger partial charge >= 0.3 is 12.1 Å². The molecule has 0 spiro atoms. The van der Waals surface area contributed by atoms with Crippen molar-refractivity contribution in [2.75, 3.05) is 177 Å². The maximum Gasteiger partial charge on any atom is 0.407 e. The number of ether oxygens (including phenoxy) is 12. The van der Waals surface area contributed by atoms with Crippen LogP contribution in [0.1, 0.15) is 75.7 Å². The Labute approximate surface area is 466 Å². The lowest BCUT2D eigenvalue weighted by atomic mass is 10.0. The molecule has 0 aromatic heterocycles. The van der Waals surface area contributed by atoms with Crippen LogP contribution in [0.5, 0.6) is 0 Å². The maximum absolute atomic E-state index is 13.7. The first-order chi connectivity index (χ1) is 38.4. The molecule has 2 aliphatic rings. The number of carbonyl (C=O) groups excluding carboxylic acids is 4. The highest BCUT2D eigenvalue weighted by Crippen LogP contribution is 2.30. The number of fused-ring (bicyclic) bond motifs is 1. The molecule has 0 aliphatic carbocycles. The van der Waals surface area contributed by atoms with Crippen molar-refractivity contribution in [3.8, 4) is 0 Å². The second-order valence-corrected chi connectivity index (χ2v) is 19.1. The molecule has 2 aromatic carbocycles. The first kappa shape index (κ1) is 66.2. The number of hydrogen-bond donors (Lipinski definition) is 3. The van der Waals surface area contributed by atoms with Gasteiger partial charge in [-0.05, 0) is 70.4 Å². The number of rotatable bonds is 43. The summed E-state index contributed by atoms with van der Waals surface area (Å²) in [5.74, 6) is -0.492. The number of para-hydroxylation sites is 1. The number of carbonyl (C=O) groups is 4. The zero-order valence-corrected chi connectivity index (χ0v) is 47.1. The van der Waals surface area contributed by atoms with E-state index < -0.39 is 11.7 Å². The lowest BCUT2D eigenvalue weighted by Gasteiger charge is -2.34. The minimum absolute atomic E-state index is 0.0207. The lowest BCUT2D eigenvalue weighted by Crippen LogP contribution is -2.45. The van der Waals surface area contributed by atoms with Crippen molar-refractivity contribution in [2.45, 2.75) is 71.4 Å². The van der Waals surface area contributed by atoms with Crippen LogP contribution in [0, 0.1) is 0 Å². The maximum atomic E-state index is 13.7. The molecular weight excluding hydrogens is 1030 g/mol. The highest BCUT2D eigenvalue weighted by molar-refractivity contribution is 6.05. The van der Waals surface area contributed by atoms with Crippen molar-refractivity contribution >= 4 is 47.2 Å². The number of nitrogens with one attached hydrogen (secondary N) is 2. The highest BCUT2D eigenvalue weighted by atomic mass is 16.7. The summed E-state index contributed by atoms with van der Waals surface area (Å²) in [4.78, 5) is 63.5. The molecule has 0 unspecified atom stereocenters. The Balaban J connectivity index is 0.896. The van der Waals surface area contributed by atoms with Crippen LogP contribution in [0.2, 0.25) is 0 Å². The van der Waals surface area contributed by atoms with E-state index in [4.69, 9.17) is 67.4 Å². The third kappa shape index (κ3) is 30.7. The quantitative estimate of drug-likeness (QED) is 0.0450. The molecule has 0 saturated carbocycles. The predicted molar refractivity (Wildman–Crippen MR) is 295 cm³/mol. The van der Waals surface area contributed by atoms with Crippen LogP contribution in [-0.4, -0.2) is 223 Å². The number of hydrogen-bond acceptors (Lipinski definition) is 20. The average Bonchev–Trinajstić information content (AvgIpc) is 3.64. The summed E-state index contributed by atoms with van der Waals surface area (Å²) in [5, 5.41) is 7.42. The molecule has 23 heteroatoms. The third-order valence-electron chi connectivity index (χ3n) is 11.3. The van der Waals surface area contributed by atoms with E-state index in [0.29, 0.717) is 174 Å². The minimum atomic E-state index is -0.642. The molecule has 4 rings (SSSR count). The van der Waals surface area contributed by atoms with Crippen molar-refractivity contribution in [2.24, 2.45) is 10.7 Å². The predicted octanol–water partition coefficient (Wildman–Crippen LogP) is 4.97. The number of esters is 1. The van der Waals surface area contributed by atoms with E-state index in [1.54, 1.807) is 24.3 Å². The zero-order chi connectivity index (χ0) is 56.6. The Bertz CT molecular complexity index is 2080. The SMILES string of the molecule is CCCN(OCCNC(=O)OCCOCCOCCOCCOCCOCCOCCOCCOCCOCCOCCC(=O)OC(C)(C)C)C(=O)C1=Cc2ccc(C(=O)N3CCC[C@@H](Nc4ccccc4)C3)cc2N=C(N)C1. The number of piperidine rings is 1. The molecule has 1 saturated heterocycles. The van der Waals surface area contributed by atoms with Crippen LogP contribution in [0.3, 0.4) is 0 Å². The number of likely N-dealkylation sites (tertiary alicyclic amines) is 1. The summed E-state index contributed by atoms with van der Waals surface area (Å²) in [6, 6.07) is 15.4. The number of nitrogens with zero attached hydrogens (tertiary/aromatic N) is 3. The molecule has 4 N–H and O–H groups in total. The van der Waals surface area contributed by atoms with Gasteiger partial charge in [0, 0.05) is 61.0 Å². The number of amides is 3. The van der Waals surface area contributed by atoms with Gasteiger partial charge in [-0.3, -0.25) is 19.2 Å². The van der Waals surface area contributed by atoms with E-state index in [0.717, 1.165) is 18.5 Å². The fourth-order valence-corrected chi connectivity index (χ4v) is 7.66. The summed E-state index contributed by atoms with van der Waals surface area (Å²) in [7, 11) is 0. The summed E-state index contributed by atoms with van der Waals surface area (Å²) < 4.78 is 65.2. The molecule has 79 heavy (non-hydrogen) atoms. The van der Waals surface area contributed by atoms with Gasteiger partial charge < -0.3 is 78.1 Å². The minimum Gasteiger partial charge on any atom is -0.460 e. The molecule has 0 radical (unpaired) electrons. The van der Waals surface area contributed by atoms with E-state index >= 15 is 0 Å². The van der Waals surface area contributed by atoms with Gasteiger partial charge in [0.2, 0.25) is 0 Å². The molecule has 1 atom stereocenters. The first-order valence-corrected chi connectivity index (χ1v) is 27.5. The Morgan fingerprint density at radius 3 is 1.72 bits per heavy atom. The summed E-state index contributed by atoms with van der Waals surface area (Å²) in [6.07, 6.45) is 3.89. The molecule has 23 nitrogen and oxygen atoms in total. The average molecular weight is 1120 g/mol. The van der Waals surface area contributed by atoms with E-state index in [-0.39, 0.29) is 68.9 Å².